The van der Waals surface area contributed by atoms with Gasteiger partial charge in [-0.05, 0) is 42.8 Å². The van der Waals surface area contributed by atoms with Crippen molar-refractivity contribution >= 4 is 11.8 Å². The highest BCUT2D eigenvalue weighted by atomic mass is 32.2. The number of hydrogen-bond donors (Lipinski definition) is 1. The fraction of sp³-hybridized carbons (Fsp3) is 0.533. The van der Waals surface area contributed by atoms with Crippen LogP contribution in [0.3, 0.4) is 0 Å². The average molecular weight is 262 g/mol. The molecule has 1 rings (SSSR count). The average Bonchev–Trinajstić information content (AvgIpc) is 2.41. The van der Waals surface area contributed by atoms with E-state index in [1.807, 2.05) is 11.8 Å². The monoisotopic (exact) mass is 262 g/mol. The van der Waals surface area contributed by atoms with Gasteiger partial charge in [-0.2, -0.15) is 5.26 Å². The van der Waals surface area contributed by atoms with Gasteiger partial charge in [-0.15, -0.1) is 11.8 Å². The third-order valence-corrected chi connectivity index (χ3v) is 3.79. The zero-order valence-electron chi connectivity index (χ0n) is 11.3. The molecule has 1 aromatic carbocycles. The minimum absolute atomic E-state index is 0.147. The number of nitriles is 1. The summed E-state index contributed by atoms with van der Waals surface area (Å²) in [5.74, 6) is 1.27. The molecule has 0 aliphatic carbocycles. The van der Waals surface area contributed by atoms with Crippen LogP contribution < -0.4 is 5.32 Å². The van der Waals surface area contributed by atoms with Gasteiger partial charge in [0.25, 0.3) is 0 Å². The molecule has 1 unspecified atom stereocenters. The summed E-state index contributed by atoms with van der Waals surface area (Å²) in [5.41, 5.74) is 1.35. The molecule has 0 heterocycles. The molecule has 0 aromatic heterocycles. The number of rotatable bonds is 8. The van der Waals surface area contributed by atoms with Crippen LogP contribution in [0.15, 0.2) is 29.2 Å². The minimum Gasteiger partial charge on any atom is -0.315 e. The highest BCUT2D eigenvalue weighted by Gasteiger charge is 2.02. The lowest BCUT2D eigenvalue weighted by Crippen LogP contribution is -2.23. The third kappa shape index (κ3) is 5.57. The highest BCUT2D eigenvalue weighted by Crippen LogP contribution is 2.17. The van der Waals surface area contributed by atoms with Crippen molar-refractivity contribution in [3.8, 4) is 6.07 Å². The van der Waals surface area contributed by atoms with Crippen LogP contribution in [0.5, 0.6) is 0 Å². The van der Waals surface area contributed by atoms with E-state index in [2.05, 4.69) is 49.5 Å². The molecule has 18 heavy (non-hydrogen) atoms. The van der Waals surface area contributed by atoms with Gasteiger partial charge in [0, 0.05) is 11.4 Å². The van der Waals surface area contributed by atoms with Gasteiger partial charge in [0.05, 0.1) is 12.0 Å². The zero-order valence-corrected chi connectivity index (χ0v) is 12.1. The molecular formula is C15H22N2S. The number of nitrogens with zero attached hydrogens (tertiary/aromatic N) is 1. The van der Waals surface area contributed by atoms with Crippen LogP contribution in [-0.2, 0) is 6.42 Å². The van der Waals surface area contributed by atoms with Crippen molar-refractivity contribution in [1.29, 1.82) is 5.26 Å². The molecule has 1 atom stereocenters. The van der Waals surface area contributed by atoms with Crippen LogP contribution in [0.1, 0.15) is 25.8 Å². The second-order valence-electron chi connectivity index (χ2n) is 4.27. The number of nitrogens with one attached hydrogen (secondary N) is 1. The topological polar surface area (TPSA) is 35.8 Å². The molecule has 0 radical (unpaired) electrons. The molecule has 0 saturated heterocycles. The first-order valence-electron chi connectivity index (χ1n) is 6.62. The van der Waals surface area contributed by atoms with Crippen LogP contribution in [0.2, 0.25) is 0 Å². The lowest BCUT2D eigenvalue weighted by molar-refractivity contribution is 0.555. The first-order valence-corrected chi connectivity index (χ1v) is 7.60. The van der Waals surface area contributed by atoms with Crippen molar-refractivity contribution in [3.05, 3.63) is 29.8 Å². The van der Waals surface area contributed by atoms with E-state index in [4.69, 9.17) is 5.26 Å². The van der Waals surface area contributed by atoms with Gasteiger partial charge >= 0.3 is 0 Å². The standard InChI is InChI=1S/C15H22N2S/c1-3-13(11-16)12-17-10-9-14-5-7-15(8-6-14)18-4-2/h5-8,13,17H,3-4,9-10,12H2,1-2H3. The quantitative estimate of drug-likeness (QED) is 0.575. The van der Waals surface area contributed by atoms with Crippen LogP contribution in [-0.4, -0.2) is 18.8 Å². The van der Waals surface area contributed by atoms with E-state index in [1.54, 1.807) is 0 Å². The number of hydrogen-bond acceptors (Lipinski definition) is 3. The van der Waals surface area contributed by atoms with E-state index in [-0.39, 0.29) is 5.92 Å². The Balaban J connectivity index is 2.25. The largest absolute Gasteiger partial charge is 0.315 e. The maximum atomic E-state index is 8.83. The number of benzene rings is 1. The van der Waals surface area contributed by atoms with Gasteiger partial charge in [-0.3, -0.25) is 0 Å². The summed E-state index contributed by atoms with van der Waals surface area (Å²) >= 11 is 1.87. The van der Waals surface area contributed by atoms with Crippen molar-refractivity contribution in [2.24, 2.45) is 5.92 Å². The first-order chi connectivity index (χ1) is 8.80. The Kier molecular flexibility index (Phi) is 7.55. The molecule has 0 saturated carbocycles. The van der Waals surface area contributed by atoms with Crippen LogP contribution >= 0.6 is 11.8 Å². The van der Waals surface area contributed by atoms with Crippen molar-refractivity contribution in [3.63, 3.8) is 0 Å². The van der Waals surface area contributed by atoms with Crippen LogP contribution in [0.4, 0.5) is 0 Å². The Labute approximate surface area is 115 Å². The Hall–Kier alpha value is -0.980. The molecule has 0 amide bonds. The molecule has 0 bridgehead atoms. The summed E-state index contributed by atoms with van der Waals surface area (Å²) in [4.78, 5) is 1.34. The summed E-state index contributed by atoms with van der Waals surface area (Å²) in [6.45, 7) is 5.97. The first kappa shape index (κ1) is 15.1. The lowest BCUT2D eigenvalue weighted by Gasteiger charge is -2.08. The summed E-state index contributed by atoms with van der Waals surface area (Å²) in [7, 11) is 0. The van der Waals surface area contributed by atoms with Crippen LogP contribution in [0, 0.1) is 17.2 Å². The third-order valence-electron chi connectivity index (χ3n) is 2.89. The molecule has 1 aromatic rings. The van der Waals surface area contributed by atoms with Gasteiger partial charge in [0.2, 0.25) is 0 Å². The molecule has 1 N–H and O–H groups in total. The van der Waals surface area contributed by atoms with E-state index in [1.165, 1.54) is 10.5 Å². The van der Waals surface area contributed by atoms with Gasteiger partial charge < -0.3 is 5.32 Å². The minimum atomic E-state index is 0.147. The zero-order chi connectivity index (χ0) is 13.2. The summed E-state index contributed by atoms with van der Waals surface area (Å²) < 4.78 is 0. The Morgan fingerprint density at radius 1 is 1.28 bits per heavy atom. The van der Waals surface area contributed by atoms with E-state index in [0.29, 0.717) is 0 Å². The maximum absolute atomic E-state index is 8.83. The van der Waals surface area contributed by atoms with Crippen molar-refractivity contribution in [2.75, 3.05) is 18.8 Å². The van der Waals surface area contributed by atoms with E-state index in [9.17, 15) is 0 Å². The van der Waals surface area contributed by atoms with Crippen molar-refractivity contribution < 1.29 is 0 Å². The van der Waals surface area contributed by atoms with Gasteiger partial charge in [0.15, 0.2) is 0 Å². The molecule has 3 heteroatoms. The van der Waals surface area contributed by atoms with Crippen molar-refractivity contribution in [1.82, 2.24) is 5.32 Å². The molecule has 0 spiro atoms. The highest BCUT2D eigenvalue weighted by molar-refractivity contribution is 7.99. The molecule has 0 aliphatic rings. The van der Waals surface area contributed by atoms with Gasteiger partial charge in [-0.1, -0.05) is 26.0 Å². The van der Waals surface area contributed by atoms with E-state index in [0.717, 1.165) is 31.7 Å². The predicted octanol–water partition coefficient (Wildman–Crippen LogP) is 3.48. The summed E-state index contributed by atoms with van der Waals surface area (Å²) in [6.07, 6.45) is 1.95. The fourth-order valence-electron chi connectivity index (χ4n) is 1.71. The SMILES string of the molecule is CCSc1ccc(CCNCC(C#N)CC)cc1. The van der Waals surface area contributed by atoms with E-state index >= 15 is 0 Å². The van der Waals surface area contributed by atoms with Gasteiger partial charge in [0.1, 0.15) is 0 Å². The molecule has 2 nitrogen and oxygen atoms in total. The lowest BCUT2D eigenvalue weighted by atomic mass is 10.1. The summed E-state index contributed by atoms with van der Waals surface area (Å²) in [5, 5.41) is 12.2. The molecular weight excluding hydrogens is 240 g/mol. The summed E-state index contributed by atoms with van der Waals surface area (Å²) in [6, 6.07) is 11.1. The van der Waals surface area contributed by atoms with Gasteiger partial charge in [-0.25, -0.2) is 0 Å². The van der Waals surface area contributed by atoms with E-state index < -0.39 is 0 Å². The Bertz CT molecular complexity index is 367. The molecule has 0 fully saturated rings. The Morgan fingerprint density at radius 2 is 2.00 bits per heavy atom. The second kappa shape index (κ2) is 9.02. The molecule has 98 valence electrons. The smallest absolute Gasteiger partial charge is 0.0669 e. The predicted molar refractivity (Wildman–Crippen MR) is 78.8 cm³/mol. The molecule has 0 aliphatic heterocycles. The van der Waals surface area contributed by atoms with Crippen molar-refractivity contribution in [2.45, 2.75) is 31.6 Å². The maximum Gasteiger partial charge on any atom is 0.0669 e. The Morgan fingerprint density at radius 3 is 2.56 bits per heavy atom. The second-order valence-corrected chi connectivity index (χ2v) is 5.60. The number of thioether (sulfide) groups is 1. The normalized spacial score (nSPS) is 12.1. The fourth-order valence-corrected chi connectivity index (χ4v) is 2.37. The van der Waals surface area contributed by atoms with Crippen LogP contribution in [0.25, 0.3) is 0 Å².